The molecule has 2 rings (SSSR count). The highest BCUT2D eigenvalue weighted by Crippen LogP contribution is 2.18. The van der Waals surface area contributed by atoms with Crippen LogP contribution in [0.25, 0.3) is 0 Å². The number of nitrogens with one attached hydrogen (secondary N) is 1. The first-order valence-electron chi connectivity index (χ1n) is 8.52. The van der Waals surface area contributed by atoms with Crippen molar-refractivity contribution in [1.82, 2.24) is 9.21 Å². The normalized spacial score (nSPS) is 15.0. The number of carbonyl (C=O) groups is 3. The van der Waals surface area contributed by atoms with Gasteiger partial charge in [0.15, 0.2) is 0 Å². The molecule has 1 fully saturated rings. The van der Waals surface area contributed by atoms with Crippen molar-refractivity contribution in [1.29, 1.82) is 0 Å². The minimum Gasteiger partial charge on any atom is -0.326 e. The monoisotopic (exact) mass is 381 g/mol. The minimum absolute atomic E-state index is 0.00300. The van der Waals surface area contributed by atoms with Gasteiger partial charge in [0.1, 0.15) is 0 Å². The van der Waals surface area contributed by atoms with Gasteiger partial charge < -0.3 is 5.32 Å². The van der Waals surface area contributed by atoms with Crippen LogP contribution in [0.3, 0.4) is 0 Å². The topological polar surface area (TPSA) is 104 Å². The van der Waals surface area contributed by atoms with Crippen molar-refractivity contribution >= 4 is 33.4 Å². The van der Waals surface area contributed by atoms with Crippen LogP contribution in [0.15, 0.2) is 29.2 Å². The van der Waals surface area contributed by atoms with E-state index in [4.69, 9.17) is 0 Å². The summed E-state index contributed by atoms with van der Waals surface area (Å²) < 4.78 is 26.2. The van der Waals surface area contributed by atoms with E-state index in [0.29, 0.717) is 18.8 Å². The predicted octanol–water partition coefficient (Wildman–Crippen LogP) is 1.19. The van der Waals surface area contributed by atoms with Crippen LogP contribution in [0.5, 0.6) is 0 Å². The van der Waals surface area contributed by atoms with Gasteiger partial charge in [-0.2, -0.15) is 4.31 Å². The summed E-state index contributed by atoms with van der Waals surface area (Å²) in [6, 6.07) is 5.91. The van der Waals surface area contributed by atoms with E-state index < -0.39 is 10.0 Å². The molecule has 0 aliphatic carbocycles. The first kappa shape index (κ1) is 20.1. The average molecular weight is 381 g/mol. The maximum absolute atomic E-state index is 12.4. The van der Waals surface area contributed by atoms with Gasteiger partial charge in [-0.3, -0.25) is 19.3 Å². The second-order valence-electron chi connectivity index (χ2n) is 5.85. The largest absolute Gasteiger partial charge is 0.326 e. The van der Waals surface area contributed by atoms with Crippen molar-refractivity contribution in [2.24, 2.45) is 0 Å². The Bertz CT molecular complexity index is 769. The molecular weight excluding hydrogens is 358 g/mol. The van der Waals surface area contributed by atoms with Crippen LogP contribution in [0, 0.1) is 0 Å². The van der Waals surface area contributed by atoms with Gasteiger partial charge in [-0.05, 0) is 24.3 Å². The lowest BCUT2D eigenvalue weighted by molar-refractivity contribution is -0.138. The zero-order chi connectivity index (χ0) is 19.3. The number of sulfonamides is 1. The van der Waals surface area contributed by atoms with Crippen molar-refractivity contribution in [2.45, 2.75) is 38.0 Å². The fourth-order valence-corrected chi connectivity index (χ4v) is 4.19. The summed E-state index contributed by atoms with van der Waals surface area (Å²) in [6.45, 7) is 4.35. The highest BCUT2D eigenvalue weighted by atomic mass is 32.2. The molecule has 1 aromatic rings. The lowest BCUT2D eigenvalue weighted by Gasteiger charge is -2.18. The van der Waals surface area contributed by atoms with Gasteiger partial charge in [0.25, 0.3) is 0 Å². The van der Waals surface area contributed by atoms with Crippen molar-refractivity contribution < 1.29 is 22.8 Å². The first-order chi connectivity index (χ1) is 12.3. The first-order valence-corrected chi connectivity index (χ1v) is 9.96. The number of likely N-dealkylation sites (tertiary alicyclic amines) is 1. The van der Waals surface area contributed by atoms with Crippen LogP contribution in [-0.4, -0.2) is 55.0 Å². The fourth-order valence-electron chi connectivity index (χ4n) is 2.73. The van der Waals surface area contributed by atoms with Crippen LogP contribution in [0.2, 0.25) is 0 Å². The molecule has 0 saturated carbocycles. The van der Waals surface area contributed by atoms with Crippen LogP contribution in [0.1, 0.15) is 33.1 Å². The van der Waals surface area contributed by atoms with Crippen LogP contribution >= 0.6 is 0 Å². The molecule has 0 bridgehead atoms. The molecule has 3 amide bonds. The third kappa shape index (κ3) is 4.47. The van der Waals surface area contributed by atoms with Crippen molar-refractivity contribution in [3.8, 4) is 0 Å². The molecule has 9 heteroatoms. The zero-order valence-corrected chi connectivity index (χ0v) is 15.7. The maximum atomic E-state index is 12.4. The Morgan fingerprint density at radius 3 is 2.12 bits per heavy atom. The number of amides is 3. The molecular formula is C17H23N3O5S. The van der Waals surface area contributed by atoms with Gasteiger partial charge in [0.05, 0.1) is 4.90 Å². The summed E-state index contributed by atoms with van der Waals surface area (Å²) >= 11 is 0. The molecule has 1 aliphatic rings. The molecule has 142 valence electrons. The van der Waals surface area contributed by atoms with Gasteiger partial charge >= 0.3 is 0 Å². The standard InChI is InChI=1S/C17H23N3O5S/c1-3-19(4-2)26(24,25)14-7-5-13(6-8-14)18-15(21)11-12-20-16(22)9-10-17(20)23/h5-8H,3-4,9-12H2,1-2H3,(H,18,21). The Kier molecular flexibility index (Phi) is 6.49. The number of carbonyl (C=O) groups excluding carboxylic acids is 3. The van der Waals surface area contributed by atoms with E-state index in [0.717, 1.165) is 4.90 Å². The Balaban J connectivity index is 1.95. The fraction of sp³-hybridized carbons (Fsp3) is 0.471. The lowest BCUT2D eigenvalue weighted by atomic mass is 10.3. The van der Waals surface area contributed by atoms with E-state index in [9.17, 15) is 22.8 Å². The second kappa shape index (κ2) is 8.41. The van der Waals surface area contributed by atoms with Gasteiger partial charge in [0, 0.05) is 44.6 Å². The van der Waals surface area contributed by atoms with Crippen LogP contribution < -0.4 is 5.32 Å². The van der Waals surface area contributed by atoms with Gasteiger partial charge in [-0.25, -0.2) is 8.42 Å². The number of anilines is 1. The molecule has 26 heavy (non-hydrogen) atoms. The van der Waals surface area contributed by atoms with Crippen molar-refractivity contribution in [2.75, 3.05) is 25.0 Å². The molecule has 1 N–H and O–H groups in total. The molecule has 8 nitrogen and oxygen atoms in total. The highest BCUT2D eigenvalue weighted by molar-refractivity contribution is 7.89. The van der Waals surface area contributed by atoms with E-state index in [1.165, 1.54) is 28.6 Å². The van der Waals surface area contributed by atoms with Crippen molar-refractivity contribution in [3.63, 3.8) is 0 Å². The molecule has 0 unspecified atom stereocenters. The molecule has 1 saturated heterocycles. The van der Waals surface area contributed by atoms with E-state index in [-0.39, 0.29) is 48.4 Å². The smallest absolute Gasteiger partial charge is 0.243 e. The summed E-state index contributed by atoms with van der Waals surface area (Å²) in [5, 5.41) is 2.63. The number of imide groups is 1. The number of nitrogens with zero attached hydrogens (tertiary/aromatic N) is 2. The van der Waals surface area contributed by atoms with E-state index in [2.05, 4.69) is 5.32 Å². The summed E-state index contributed by atoms with van der Waals surface area (Å²) in [7, 11) is -3.54. The number of hydrogen-bond donors (Lipinski definition) is 1. The molecule has 1 heterocycles. The number of hydrogen-bond acceptors (Lipinski definition) is 5. The third-order valence-corrected chi connectivity index (χ3v) is 6.26. The zero-order valence-electron chi connectivity index (χ0n) is 14.9. The molecule has 0 atom stereocenters. The quantitative estimate of drug-likeness (QED) is 0.681. The molecule has 1 aliphatic heterocycles. The van der Waals surface area contributed by atoms with E-state index in [1.54, 1.807) is 13.8 Å². The summed E-state index contributed by atoms with van der Waals surface area (Å²) in [5.74, 6) is -0.862. The van der Waals surface area contributed by atoms with Gasteiger partial charge in [-0.1, -0.05) is 13.8 Å². The SMILES string of the molecule is CCN(CC)S(=O)(=O)c1ccc(NC(=O)CCN2C(=O)CCC2=O)cc1. The summed E-state index contributed by atoms with van der Waals surface area (Å²) in [5.41, 5.74) is 0.451. The van der Waals surface area contributed by atoms with Gasteiger partial charge in [-0.15, -0.1) is 0 Å². The Morgan fingerprint density at radius 1 is 1.08 bits per heavy atom. The number of benzene rings is 1. The summed E-state index contributed by atoms with van der Waals surface area (Å²) in [6.07, 6.45) is 0.392. The summed E-state index contributed by atoms with van der Waals surface area (Å²) in [4.78, 5) is 36.2. The Hall–Kier alpha value is -2.26. The Morgan fingerprint density at radius 2 is 1.62 bits per heavy atom. The highest BCUT2D eigenvalue weighted by Gasteiger charge is 2.28. The number of rotatable bonds is 8. The molecule has 0 radical (unpaired) electrons. The van der Waals surface area contributed by atoms with Crippen LogP contribution in [0.4, 0.5) is 5.69 Å². The lowest BCUT2D eigenvalue weighted by Crippen LogP contribution is -2.32. The van der Waals surface area contributed by atoms with E-state index in [1.807, 2.05) is 0 Å². The second-order valence-corrected chi connectivity index (χ2v) is 7.79. The average Bonchev–Trinajstić information content (AvgIpc) is 2.92. The molecule has 0 aromatic heterocycles. The third-order valence-electron chi connectivity index (χ3n) is 4.20. The van der Waals surface area contributed by atoms with Crippen molar-refractivity contribution in [3.05, 3.63) is 24.3 Å². The minimum atomic E-state index is -3.54. The molecule has 0 spiro atoms. The van der Waals surface area contributed by atoms with E-state index >= 15 is 0 Å². The predicted molar refractivity (Wildman–Crippen MR) is 95.7 cm³/mol. The Labute approximate surface area is 153 Å². The van der Waals surface area contributed by atoms with Gasteiger partial charge in [0.2, 0.25) is 27.7 Å². The maximum Gasteiger partial charge on any atom is 0.243 e. The van der Waals surface area contributed by atoms with Crippen LogP contribution in [-0.2, 0) is 24.4 Å². The molecule has 1 aromatic carbocycles.